The first-order valence-corrected chi connectivity index (χ1v) is 5.35. The van der Waals surface area contributed by atoms with Crippen molar-refractivity contribution in [3.63, 3.8) is 0 Å². The van der Waals surface area contributed by atoms with Gasteiger partial charge in [-0.25, -0.2) is 0 Å². The normalized spacial score (nSPS) is 36.0. The summed E-state index contributed by atoms with van der Waals surface area (Å²) in [7, 11) is 2.10. The lowest BCUT2D eigenvalue weighted by molar-refractivity contribution is 0.0375. The standard InChI is InChI=1S/C11H23NO/c1-9(2)5-6-11(13)7-10(3)12(4)8-11/h9-10,13H,5-8H2,1-4H3. The molecule has 78 valence electrons. The zero-order valence-electron chi connectivity index (χ0n) is 9.38. The maximum atomic E-state index is 10.2. The van der Waals surface area contributed by atoms with E-state index in [1.165, 1.54) is 0 Å². The molecule has 2 heteroatoms. The third-order valence-electron chi connectivity index (χ3n) is 3.16. The third-order valence-corrected chi connectivity index (χ3v) is 3.16. The van der Waals surface area contributed by atoms with Gasteiger partial charge in [0, 0.05) is 12.6 Å². The first-order chi connectivity index (χ1) is 5.93. The number of hydrogen-bond acceptors (Lipinski definition) is 2. The van der Waals surface area contributed by atoms with Crippen molar-refractivity contribution in [2.75, 3.05) is 13.6 Å². The highest BCUT2D eigenvalue weighted by Crippen LogP contribution is 2.30. The van der Waals surface area contributed by atoms with Crippen LogP contribution >= 0.6 is 0 Å². The van der Waals surface area contributed by atoms with E-state index in [1.54, 1.807) is 0 Å². The third kappa shape index (κ3) is 2.96. The summed E-state index contributed by atoms with van der Waals surface area (Å²) in [5.74, 6) is 0.699. The molecule has 0 bridgehead atoms. The highest BCUT2D eigenvalue weighted by Gasteiger charge is 2.38. The molecule has 1 aliphatic heterocycles. The average molecular weight is 185 g/mol. The Bertz CT molecular complexity index is 157. The molecule has 0 saturated carbocycles. The van der Waals surface area contributed by atoms with E-state index in [1.807, 2.05) is 0 Å². The van der Waals surface area contributed by atoms with Gasteiger partial charge in [0.2, 0.25) is 0 Å². The molecule has 1 saturated heterocycles. The van der Waals surface area contributed by atoms with Crippen molar-refractivity contribution in [1.29, 1.82) is 0 Å². The van der Waals surface area contributed by atoms with Crippen LogP contribution in [0.4, 0.5) is 0 Å². The SMILES string of the molecule is CC(C)CCC1(O)CC(C)N(C)C1. The molecule has 0 spiro atoms. The molecule has 2 nitrogen and oxygen atoms in total. The molecule has 0 aromatic carbocycles. The topological polar surface area (TPSA) is 23.5 Å². The summed E-state index contributed by atoms with van der Waals surface area (Å²) in [6, 6.07) is 0.539. The number of rotatable bonds is 3. The van der Waals surface area contributed by atoms with Gasteiger partial charge in [0.15, 0.2) is 0 Å². The van der Waals surface area contributed by atoms with E-state index >= 15 is 0 Å². The Labute approximate surface area is 81.9 Å². The van der Waals surface area contributed by atoms with Gasteiger partial charge in [-0.3, -0.25) is 0 Å². The van der Waals surface area contributed by atoms with Crippen molar-refractivity contribution < 1.29 is 5.11 Å². The summed E-state index contributed by atoms with van der Waals surface area (Å²) in [4.78, 5) is 2.25. The van der Waals surface area contributed by atoms with Crippen LogP contribution in [0, 0.1) is 5.92 Å². The van der Waals surface area contributed by atoms with Crippen LogP contribution in [-0.2, 0) is 0 Å². The van der Waals surface area contributed by atoms with Gasteiger partial charge in [0.05, 0.1) is 5.60 Å². The average Bonchev–Trinajstić information content (AvgIpc) is 2.24. The molecule has 0 aromatic heterocycles. The lowest BCUT2D eigenvalue weighted by atomic mass is 9.91. The van der Waals surface area contributed by atoms with Crippen molar-refractivity contribution in [3.05, 3.63) is 0 Å². The first-order valence-electron chi connectivity index (χ1n) is 5.35. The number of aliphatic hydroxyl groups is 1. The smallest absolute Gasteiger partial charge is 0.0788 e. The minimum atomic E-state index is -0.404. The van der Waals surface area contributed by atoms with Crippen LogP contribution in [0.15, 0.2) is 0 Å². The highest BCUT2D eigenvalue weighted by molar-refractivity contribution is 4.93. The monoisotopic (exact) mass is 185 g/mol. The fourth-order valence-electron chi connectivity index (χ4n) is 2.13. The van der Waals surface area contributed by atoms with Crippen LogP contribution in [-0.4, -0.2) is 35.2 Å². The van der Waals surface area contributed by atoms with Crippen LogP contribution in [0.2, 0.25) is 0 Å². The maximum absolute atomic E-state index is 10.2. The summed E-state index contributed by atoms with van der Waals surface area (Å²) >= 11 is 0. The number of likely N-dealkylation sites (tertiary alicyclic amines) is 1. The van der Waals surface area contributed by atoms with Crippen molar-refractivity contribution in [3.8, 4) is 0 Å². The number of nitrogens with zero attached hydrogens (tertiary/aromatic N) is 1. The van der Waals surface area contributed by atoms with E-state index in [4.69, 9.17) is 0 Å². The number of likely N-dealkylation sites (N-methyl/N-ethyl adjacent to an activating group) is 1. The molecular formula is C11H23NO. The number of β-amino-alcohol motifs (C(OH)–C–C–N with tert-alkyl or cyclic N) is 1. The van der Waals surface area contributed by atoms with Gasteiger partial charge < -0.3 is 10.0 Å². The minimum absolute atomic E-state index is 0.404. The Kier molecular flexibility index (Phi) is 3.36. The van der Waals surface area contributed by atoms with Gasteiger partial charge in [-0.2, -0.15) is 0 Å². The van der Waals surface area contributed by atoms with Crippen LogP contribution < -0.4 is 0 Å². The molecule has 1 heterocycles. The van der Waals surface area contributed by atoms with Crippen LogP contribution in [0.25, 0.3) is 0 Å². The molecule has 0 amide bonds. The van der Waals surface area contributed by atoms with Crippen LogP contribution in [0.1, 0.15) is 40.0 Å². The van der Waals surface area contributed by atoms with E-state index in [2.05, 4.69) is 32.7 Å². The molecule has 1 fully saturated rings. The summed E-state index contributed by atoms with van der Waals surface area (Å²) < 4.78 is 0. The second-order valence-corrected chi connectivity index (χ2v) is 5.13. The van der Waals surface area contributed by atoms with E-state index < -0.39 is 5.60 Å². The molecule has 0 aromatic rings. The van der Waals surface area contributed by atoms with E-state index in [9.17, 15) is 5.11 Å². The first kappa shape index (κ1) is 11.0. The van der Waals surface area contributed by atoms with Crippen LogP contribution in [0.3, 0.4) is 0 Å². The molecule has 1 N–H and O–H groups in total. The van der Waals surface area contributed by atoms with Gasteiger partial charge in [-0.05, 0) is 39.2 Å². The fourth-order valence-corrected chi connectivity index (χ4v) is 2.13. The largest absolute Gasteiger partial charge is 0.388 e. The minimum Gasteiger partial charge on any atom is -0.388 e. The van der Waals surface area contributed by atoms with Crippen molar-refractivity contribution in [2.45, 2.75) is 51.7 Å². The van der Waals surface area contributed by atoms with E-state index in [0.29, 0.717) is 12.0 Å². The summed E-state index contributed by atoms with van der Waals surface area (Å²) in [5.41, 5.74) is -0.404. The number of hydrogen-bond donors (Lipinski definition) is 1. The molecule has 13 heavy (non-hydrogen) atoms. The summed E-state index contributed by atoms with van der Waals surface area (Å²) in [6.07, 6.45) is 3.03. The second kappa shape index (κ2) is 3.97. The molecule has 1 aliphatic rings. The quantitative estimate of drug-likeness (QED) is 0.725. The van der Waals surface area contributed by atoms with Gasteiger partial charge in [-0.1, -0.05) is 13.8 Å². The molecular weight excluding hydrogens is 162 g/mol. The molecule has 2 unspecified atom stereocenters. The molecule has 2 atom stereocenters. The highest BCUT2D eigenvalue weighted by atomic mass is 16.3. The Balaban J connectivity index is 2.40. The Morgan fingerprint density at radius 3 is 2.54 bits per heavy atom. The van der Waals surface area contributed by atoms with Crippen molar-refractivity contribution in [1.82, 2.24) is 4.90 Å². The van der Waals surface area contributed by atoms with E-state index in [-0.39, 0.29) is 0 Å². The summed E-state index contributed by atoms with van der Waals surface area (Å²) in [6.45, 7) is 7.46. The fraction of sp³-hybridized carbons (Fsp3) is 1.00. The second-order valence-electron chi connectivity index (χ2n) is 5.13. The lowest BCUT2D eigenvalue weighted by Gasteiger charge is -2.23. The molecule has 0 aliphatic carbocycles. The Hall–Kier alpha value is -0.0800. The molecule has 0 radical (unpaired) electrons. The van der Waals surface area contributed by atoms with Gasteiger partial charge in [-0.15, -0.1) is 0 Å². The van der Waals surface area contributed by atoms with Crippen LogP contribution in [0.5, 0.6) is 0 Å². The summed E-state index contributed by atoms with van der Waals surface area (Å²) in [5, 5.41) is 10.2. The Morgan fingerprint density at radius 2 is 2.15 bits per heavy atom. The Morgan fingerprint density at radius 1 is 1.54 bits per heavy atom. The maximum Gasteiger partial charge on any atom is 0.0788 e. The molecule has 1 rings (SSSR count). The lowest BCUT2D eigenvalue weighted by Crippen LogP contribution is -2.32. The van der Waals surface area contributed by atoms with Gasteiger partial charge in [0.25, 0.3) is 0 Å². The van der Waals surface area contributed by atoms with Gasteiger partial charge in [0.1, 0.15) is 0 Å². The zero-order chi connectivity index (χ0) is 10.1. The van der Waals surface area contributed by atoms with E-state index in [0.717, 1.165) is 25.8 Å². The predicted molar refractivity (Wildman–Crippen MR) is 55.7 cm³/mol. The van der Waals surface area contributed by atoms with Crippen molar-refractivity contribution in [2.24, 2.45) is 5.92 Å². The van der Waals surface area contributed by atoms with Crippen molar-refractivity contribution >= 4 is 0 Å². The predicted octanol–water partition coefficient (Wildman–Crippen LogP) is 1.88. The zero-order valence-corrected chi connectivity index (χ0v) is 9.38. The van der Waals surface area contributed by atoms with Gasteiger partial charge >= 0.3 is 0 Å².